The first-order chi connectivity index (χ1) is 14.0. The summed E-state index contributed by atoms with van der Waals surface area (Å²) in [5, 5.41) is 12.4. The molecule has 148 valence electrons. The van der Waals surface area contributed by atoms with E-state index >= 15 is 0 Å². The van der Waals surface area contributed by atoms with E-state index in [0.717, 1.165) is 16.7 Å². The summed E-state index contributed by atoms with van der Waals surface area (Å²) in [5.74, 6) is -1.65. The Labute approximate surface area is 171 Å². The molecule has 4 heteroatoms. The van der Waals surface area contributed by atoms with Gasteiger partial charge in [-0.25, -0.2) is 0 Å². The van der Waals surface area contributed by atoms with Gasteiger partial charge in [0.1, 0.15) is 5.54 Å². The molecular weight excluding hydrogens is 362 g/mol. The van der Waals surface area contributed by atoms with E-state index in [4.69, 9.17) is 5.11 Å². The van der Waals surface area contributed by atoms with Gasteiger partial charge < -0.3 is 10.4 Å². The fraction of sp³-hybridized carbons (Fsp3) is 0.200. The SMILES string of the molecule is C[C@@H](CCC(=O)NC(c1ccccc1)(c1ccccc1)c1ccccc1)C(=O)O. The minimum absolute atomic E-state index is 0.141. The number of carboxylic acid groups (broad SMARTS) is 1. The number of carbonyl (C=O) groups is 2. The summed E-state index contributed by atoms with van der Waals surface area (Å²) in [4.78, 5) is 24.1. The maximum atomic E-state index is 13.0. The van der Waals surface area contributed by atoms with E-state index in [9.17, 15) is 9.59 Å². The number of aliphatic carboxylic acids is 1. The molecule has 3 aromatic carbocycles. The predicted octanol–water partition coefficient (Wildman–Crippen LogP) is 4.60. The Morgan fingerprint density at radius 2 is 1.17 bits per heavy atom. The number of carbonyl (C=O) groups excluding carboxylic acids is 1. The molecule has 0 aliphatic carbocycles. The van der Waals surface area contributed by atoms with Gasteiger partial charge >= 0.3 is 5.97 Å². The standard InChI is InChI=1S/C25H25NO3/c1-19(24(28)29)17-18-23(27)26-25(20-11-5-2-6-12-20,21-13-7-3-8-14-21)22-15-9-4-10-16-22/h2-16,19H,17-18H2,1H3,(H,26,27)(H,28,29)/t19-/m0/s1. The lowest BCUT2D eigenvalue weighted by Crippen LogP contribution is -2.47. The smallest absolute Gasteiger partial charge is 0.306 e. The fourth-order valence-corrected chi connectivity index (χ4v) is 3.52. The molecule has 1 atom stereocenters. The van der Waals surface area contributed by atoms with Gasteiger partial charge in [0, 0.05) is 6.42 Å². The molecule has 29 heavy (non-hydrogen) atoms. The lowest BCUT2D eigenvalue weighted by molar-refractivity contribution is -0.141. The van der Waals surface area contributed by atoms with Gasteiger partial charge in [-0.1, -0.05) is 97.9 Å². The van der Waals surface area contributed by atoms with Crippen LogP contribution in [-0.4, -0.2) is 17.0 Å². The van der Waals surface area contributed by atoms with Crippen LogP contribution in [0.2, 0.25) is 0 Å². The zero-order valence-electron chi connectivity index (χ0n) is 16.4. The molecule has 0 bridgehead atoms. The number of hydrogen-bond acceptors (Lipinski definition) is 2. The molecule has 4 nitrogen and oxygen atoms in total. The van der Waals surface area contributed by atoms with Crippen molar-refractivity contribution in [3.05, 3.63) is 108 Å². The molecule has 0 unspecified atom stereocenters. The minimum Gasteiger partial charge on any atom is -0.481 e. The van der Waals surface area contributed by atoms with Crippen LogP contribution in [0.4, 0.5) is 0 Å². The average Bonchev–Trinajstić information content (AvgIpc) is 2.77. The van der Waals surface area contributed by atoms with E-state index in [2.05, 4.69) is 5.32 Å². The number of hydrogen-bond donors (Lipinski definition) is 2. The summed E-state index contributed by atoms with van der Waals surface area (Å²) in [6.07, 6.45) is 0.428. The lowest BCUT2D eigenvalue weighted by atomic mass is 9.77. The number of nitrogens with one attached hydrogen (secondary N) is 1. The summed E-state index contributed by atoms with van der Waals surface area (Å²) >= 11 is 0. The van der Waals surface area contributed by atoms with Crippen LogP contribution in [0.5, 0.6) is 0 Å². The number of benzene rings is 3. The van der Waals surface area contributed by atoms with Crippen molar-refractivity contribution in [3.8, 4) is 0 Å². The van der Waals surface area contributed by atoms with Gasteiger partial charge in [0.2, 0.25) is 5.91 Å². The lowest BCUT2D eigenvalue weighted by Gasteiger charge is -2.37. The summed E-state index contributed by atoms with van der Waals surface area (Å²) in [6.45, 7) is 1.62. The van der Waals surface area contributed by atoms with Crippen molar-refractivity contribution in [1.29, 1.82) is 0 Å². The molecule has 0 aliphatic rings. The van der Waals surface area contributed by atoms with Gasteiger partial charge in [0.15, 0.2) is 0 Å². The van der Waals surface area contributed by atoms with Crippen LogP contribution >= 0.6 is 0 Å². The summed E-state index contributed by atoms with van der Waals surface area (Å²) in [5.41, 5.74) is 1.96. The van der Waals surface area contributed by atoms with Crippen LogP contribution < -0.4 is 5.32 Å². The van der Waals surface area contributed by atoms with Crippen molar-refractivity contribution >= 4 is 11.9 Å². The second-order valence-electron chi connectivity index (χ2n) is 7.17. The molecule has 0 saturated heterocycles. The Hall–Kier alpha value is -3.40. The van der Waals surface area contributed by atoms with Crippen molar-refractivity contribution in [1.82, 2.24) is 5.32 Å². The maximum absolute atomic E-state index is 13.0. The molecule has 0 fully saturated rings. The Bertz CT molecular complexity index is 843. The van der Waals surface area contributed by atoms with Crippen LogP contribution in [0.3, 0.4) is 0 Å². The average molecular weight is 387 g/mol. The Morgan fingerprint density at radius 1 is 0.793 bits per heavy atom. The quantitative estimate of drug-likeness (QED) is 0.555. The highest BCUT2D eigenvalue weighted by Crippen LogP contribution is 2.36. The second-order valence-corrected chi connectivity index (χ2v) is 7.17. The summed E-state index contributed by atoms with van der Waals surface area (Å²) < 4.78 is 0. The molecule has 0 heterocycles. The Balaban J connectivity index is 2.08. The molecule has 0 aliphatic heterocycles. The van der Waals surface area contributed by atoms with E-state index in [1.54, 1.807) is 6.92 Å². The predicted molar refractivity (Wildman–Crippen MR) is 113 cm³/mol. The Morgan fingerprint density at radius 3 is 1.52 bits per heavy atom. The summed E-state index contributed by atoms with van der Waals surface area (Å²) in [6, 6.07) is 29.6. The minimum atomic E-state index is -0.891. The second kappa shape index (κ2) is 9.20. The van der Waals surface area contributed by atoms with Crippen LogP contribution in [0.25, 0.3) is 0 Å². The van der Waals surface area contributed by atoms with Gasteiger partial charge in [-0.3, -0.25) is 9.59 Å². The number of carboxylic acids is 1. The maximum Gasteiger partial charge on any atom is 0.306 e. The highest BCUT2D eigenvalue weighted by atomic mass is 16.4. The van der Waals surface area contributed by atoms with Gasteiger partial charge in [-0.05, 0) is 23.1 Å². The van der Waals surface area contributed by atoms with Crippen molar-refractivity contribution in [2.45, 2.75) is 25.3 Å². The number of rotatable bonds is 8. The third kappa shape index (κ3) is 4.54. The van der Waals surface area contributed by atoms with Crippen LogP contribution in [0.1, 0.15) is 36.5 Å². The molecular formula is C25H25NO3. The summed E-state index contributed by atoms with van der Waals surface area (Å²) in [7, 11) is 0. The van der Waals surface area contributed by atoms with Gasteiger partial charge in [-0.2, -0.15) is 0 Å². The van der Waals surface area contributed by atoms with E-state index in [-0.39, 0.29) is 18.7 Å². The zero-order valence-corrected chi connectivity index (χ0v) is 16.4. The van der Waals surface area contributed by atoms with Crippen molar-refractivity contribution in [3.63, 3.8) is 0 Å². The molecule has 0 aromatic heterocycles. The van der Waals surface area contributed by atoms with E-state index in [1.807, 2.05) is 91.0 Å². The first-order valence-corrected chi connectivity index (χ1v) is 9.74. The molecule has 1 amide bonds. The largest absolute Gasteiger partial charge is 0.481 e. The van der Waals surface area contributed by atoms with Crippen molar-refractivity contribution < 1.29 is 14.7 Å². The fourth-order valence-electron chi connectivity index (χ4n) is 3.52. The first-order valence-electron chi connectivity index (χ1n) is 9.74. The molecule has 0 saturated carbocycles. The third-order valence-electron chi connectivity index (χ3n) is 5.17. The first kappa shape index (κ1) is 20.3. The van der Waals surface area contributed by atoms with Gasteiger partial charge in [0.25, 0.3) is 0 Å². The normalized spacial score (nSPS) is 12.2. The highest BCUT2D eigenvalue weighted by molar-refractivity contribution is 5.80. The van der Waals surface area contributed by atoms with E-state index < -0.39 is 17.4 Å². The third-order valence-corrected chi connectivity index (χ3v) is 5.17. The topological polar surface area (TPSA) is 66.4 Å². The molecule has 3 aromatic rings. The van der Waals surface area contributed by atoms with Gasteiger partial charge in [-0.15, -0.1) is 0 Å². The number of amides is 1. The molecule has 0 spiro atoms. The van der Waals surface area contributed by atoms with E-state index in [1.165, 1.54) is 0 Å². The van der Waals surface area contributed by atoms with Crippen LogP contribution in [0.15, 0.2) is 91.0 Å². The van der Waals surface area contributed by atoms with E-state index in [0.29, 0.717) is 0 Å². The molecule has 2 N–H and O–H groups in total. The monoisotopic (exact) mass is 387 g/mol. The van der Waals surface area contributed by atoms with Crippen LogP contribution in [0, 0.1) is 5.92 Å². The Kier molecular flexibility index (Phi) is 6.45. The highest BCUT2D eigenvalue weighted by Gasteiger charge is 2.37. The van der Waals surface area contributed by atoms with Crippen LogP contribution in [-0.2, 0) is 15.1 Å². The molecule has 0 radical (unpaired) electrons. The van der Waals surface area contributed by atoms with Crippen molar-refractivity contribution in [2.24, 2.45) is 5.92 Å². The molecule has 3 rings (SSSR count). The van der Waals surface area contributed by atoms with Crippen molar-refractivity contribution in [2.75, 3.05) is 0 Å². The zero-order chi connectivity index (χ0) is 20.7. The van der Waals surface area contributed by atoms with Gasteiger partial charge in [0.05, 0.1) is 5.92 Å².